The van der Waals surface area contributed by atoms with E-state index in [1.54, 1.807) is 0 Å². The van der Waals surface area contributed by atoms with Gasteiger partial charge in [0.25, 0.3) is 0 Å². The number of rotatable bonds is 20. The van der Waals surface area contributed by atoms with E-state index < -0.39 is 129 Å². The summed E-state index contributed by atoms with van der Waals surface area (Å²) in [5.74, 6) is -73.4. The van der Waals surface area contributed by atoms with E-state index in [1.165, 1.54) is 0 Å². The SMILES string of the molecule is O=C(CC(CC(=O)OCC(F)(F)C(F)(F)C(F)(F)C(F)F)C(=O)OCC(F)(F)C(F)(F)C(F)(F)C(F)F)OCC(F)(F)C(F)(F)C(F)(F)C(F)F. The highest BCUT2D eigenvalue weighted by Crippen LogP contribution is 2.51. The van der Waals surface area contributed by atoms with Crippen LogP contribution in [0.5, 0.6) is 0 Å². The summed E-state index contributed by atoms with van der Waals surface area (Å²) in [5, 5.41) is 0. The Labute approximate surface area is 264 Å². The lowest BCUT2D eigenvalue weighted by atomic mass is 10.0. The molecule has 0 saturated heterocycles. The first kappa shape index (κ1) is 47.7. The van der Waals surface area contributed by atoms with Gasteiger partial charge in [0.15, 0.2) is 19.8 Å². The molecule has 30 heteroatoms. The van der Waals surface area contributed by atoms with E-state index in [9.17, 15) is 120 Å². The molecule has 0 radical (unpaired) electrons. The van der Waals surface area contributed by atoms with Crippen molar-refractivity contribution in [2.75, 3.05) is 19.8 Å². The predicted molar refractivity (Wildman–Crippen MR) is 108 cm³/mol. The Morgan fingerprint density at radius 1 is 0.392 bits per heavy atom. The van der Waals surface area contributed by atoms with Crippen LogP contribution in [0, 0.1) is 5.92 Å². The summed E-state index contributed by atoms with van der Waals surface area (Å²) >= 11 is 0. The van der Waals surface area contributed by atoms with Crippen LogP contribution < -0.4 is 0 Å². The van der Waals surface area contributed by atoms with Crippen LogP contribution in [-0.4, -0.2) is 110 Å². The van der Waals surface area contributed by atoms with Crippen LogP contribution in [0.3, 0.4) is 0 Å². The molecule has 6 nitrogen and oxygen atoms in total. The van der Waals surface area contributed by atoms with Gasteiger partial charge in [0.2, 0.25) is 0 Å². The van der Waals surface area contributed by atoms with Crippen molar-refractivity contribution in [2.24, 2.45) is 5.92 Å². The highest BCUT2D eigenvalue weighted by atomic mass is 19.4. The van der Waals surface area contributed by atoms with Crippen LogP contribution in [0.25, 0.3) is 0 Å². The molecule has 0 amide bonds. The average molecular weight is 818 g/mol. The van der Waals surface area contributed by atoms with Gasteiger partial charge in [-0.05, 0) is 0 Å². The third-order valence-corrected chi connectivity index (χ3v) is 5.84. The molecule has 0 rings (SSSR count). The summed E-state index contributed by atoms with van der Waals surface area (Å²) < 4.78 is 322. The van der Waals surface area contributed by atoms with Gasteiger partial charge in [-0.3, -0.25) is 14.4 Å². The highest BCUT2D eigenvalue weighted by Gasteiger charge is 2.77. The quantitative estimate of drug-likeness (QED) is 0.0719. The summed E-state index contributed by atoms with van der Waals surface area (Å²) in [7, 11) is 0. The summed E-state index contributed by atoms with van der Waals surface area (Å²) in [6.45, 7) is -10.3. The Bertz CT molecular complexity index is 1160. The van der Waals surface area contributed by atoms with E-state index in [-0.39, 0.29) is 0 Å². The van der Waals surface area contributed by atoms with Crippen LogP contribution in [0.15, 0.2) is 0 Å². The predicted octanol–water partition coefficient (Wildman–Crippen LogP) is 7.53. The second-order valence-electron chi connectivity index (χ2n) is 9.64. The number of halogens is 24. The molecule has 0 aliphatic rings. The molecule has 0 aromatic heterocycles. The van der Waals surface area contributed by atoms with Gasteiger partial charge in [0.05, 0.1) is 18.8 Å². The molecule has 0 bridgehead atoms. The Morgan fingerprint density at radius 2 is 0.608 bits per heavy atom. The Morgan fingerprint density at radius 3 is 0.824 bits per heavy atom. The van der Waals surface area contributed by atoms with Crippen LogP contribution in [0.2, 0.25) is 0 Å². The largest absolute Gasteiger partial charge is 0.459 e. The fourth-order valence-corrected chi connectivity index (χ4v) is 2.80. The van der Waals surface area contributed by atoms with Gasteiger partial charge in [-0.25, -0.2) is 26.3 Å². The van der Waals surface area contributed by atoms with Crippen LogP contribution in [0.4, 0.5) is 105 Å². The fraction of sp³-hybridized carbons (Fsp3) is 0.857. The Hall–Kier alpha value is -3.27. The minimum atomic E-state index is -7.16. The van der Waals surface area contributed by atoms with Crippen LogP contribution >= 0.6 is 0 Å². The summed E-state index contributed by atoms with van der Waals surface area (Å²) in [6, 6.07) is 0. The number of alkyl halides is 24. The topological polar surface area (TPSA) is 78.9 Å². The molecule has 302 valence electrons. The number of hydrogen-bond acceptors (Lipinski definition) is 6. The maximum Gasteiger partial charge on any atom is 0.381 e. The van der Waals surface area contributed by atoms with Crippen LogP contribution in [-0.2, 0) is 28.6 Å². The third-order valence-electron chi connectivity index (χ3n) is 5.84. The van der Waals surface area contributed by atoms with Crippen molar-refractivity contribution >= 4 is 17.9 Å². The zero-order valence-corrected chi connectivity index (χ0v) is 23.4. The molecule has 0 aromatic rings. The molecule has 51 heavy (non-hydrogen) atoms. The maximum absolute atomic E-state index is 13.7. The van der Waals surface area contributed by atoms with Gasteiger partial charge in [-0.1, -0.05) is 0 Å². The summed E-state index contributed by atoms with van der Waals surface area (Å²) in [5.41, 5.74) is 0. The van der Waals surface area contributed by atoms with E-state index in [1.807, 2.05) is 0 Å². The normalized spacial score (nSPS) is 14.8. The molecule has 0 fully saturated rings. The van der Waals surface area contributed by atoms with Crippen molar-refractivity contribution in [3.63, 3.8) is 0 Å². The average Bonchev–Trinajstić information content (AvgIpc) is 2.96. The lowest BCUT2D eigenvalue weighted by Gasteiger charge is -2.32. The Balaban J connectivity index is 6.28. The molecule has 0 unspecified atom stereocenters. The number of ether oxygens (including phenoxy) is 3. The van der Waals surface area contributed by atoms with E-state index in [0.29, 0.717) is 0 Å². The molecule has 0 aromatic carbocycles. The van der Waals surface area contributed by atoms with Gasteiger partial charge >= 0.3 is 90.5 Å². The van der Waals surface area contributed by atoms with E-state index in [4.69, 9.17) is 0 Å². The van der Waals surface area contributed by atoms with Crippen molar-refractivity contribution in [3.8, 4) is 0 Å². The molecular formula is C21H14F24O6. The minimum absolute atomic E-state index is 2.42. The molecule has 0 spiro atoms. The first-order chi connectivity index (χ1) is 22.3. The lowest BCUT2D eigenvalue weighted by Crippen LogP contribution is -2.59. The van der Waals surface area contributed by atoms with Crippen molar-refractivity contribution in [3.05, 3.63) is 0 Å². The standard InChI is InChI=1S/C21H14F24O6/c22-10(23)16(34,35)19(40,41)13(28,29)3-49-7(46)1-6(9(48)51-5-15(32,33)21(44,45)18(38,39)12(26)27)2-8(47)50-4-14(30,31)20(42,43)17(36,37)11(24)25/h6,10-12H,1-5H2. The second-order valence-corrected chi connectivity index (χ2v) is 9.64. The number of esters is 3. The monoisotopic (exact) mass is 818 g/mol. The van der Waals surface area contributed by atoms with Crippen LogP contribution in [0.1, 0.15) is 12.8 Å². The minimum Gasteiger partial charge on any atom is -0.459 e. The molecule has 0 N–H and O–H groups in total. The maximum atomic E-state index is 13.7. The molecular weight excluding hydrogens is 804 g/mol. The van der Waals surface area contributed by atoms with Gasteiger partial charge in [-0.15, -0.1) is 0 Å². The third kappa shape index (κ3) is 9.59. The van der Waals surface area contributed by atoms with Gasteiger partial charge < -0.3 is 14.2 Å². The van der Waals surface area contributed by atoms with Gasteiger partial charge in [0, 0.05) is 0 Å². The van der Waals surface area contributed by atoms with E-state index in [0.717, 1.165) is 0 Å². The lowest BCUT2D eigenvalue weighted by molar-refractivity contribution is -0.344. The molecule has 0 aliphatic carbocycles. The molecule has 0 atom stereocenters. The first-order valence-electron chi connectivity index (χ1n) is 12.0. The summed E-state index contributed by atoms with van der Waals surface area (Å²) in [4.78, 5) is 35.6. The van der Waals surface area contributed by atoms with E-state index in [2.05, 4.69) is 14.2 Å². The molecule has 0 heterocycles. The smallest absolute Gasteiger partial charge is 0.381 e. The van der Waals surface area contributed by atoms with Gasteiger partial charge in [0.1, 0.15) is 0 Å². The fourth-order valence-electron chi connectivity index (χ4n) is 2.80. The zero-order valence-electron chi connectivity index (χ0n) is 23.4. The van der Waals surface area contributed by atoms with Crippen molar-refractivity contribution < 1.29 is 134 Å². The second kappa shape index (κ2) is 15.4. The number of carbonyl (C=O) groups excluding carboxylic acids is 3. The van der Waals surface area contributed by atoms with Crippen molar-refractivity contribution in [1.29, 1.82) is 0 Å². The molecule has 0 saturated carbocycles. The Kier molecular flexibility index (Phi) is 14.4. The molecule has 0 aliphatic heterocycles. The zero-order chi connectivity index (χ0) is 41.2. The van der Waals surface area contributed by atoms with Gasteiger partial charge in [-0.2, -0.15) is 79.0 Å². The van der Waals surface area contributed by atoms with Crippen molar-refractivity contribution in [1.82, 2.24) is 0 Å². The van der Waals surface area contributed by atoms with Crippen molar-refractivity contribution in [2.45, 2.75) is 85.4 Å². The first-order valence-corrected chi connectivity index (χ1v) is 12.0. The summed E-state index contributed by atoms with van der Waals surface area (Å²) in [6.07, 6.45) is -21.5. The van der Waals surface area contributed by atoms with E-state index >= 15 is 0 Å². The number of hydrogen-bond donors (Lipinski definition) is 0. The highest BCUT2D eigenvalue weighted by molar-refractivity contribution is 5.84. The number of carbonyl (C=O) groups is 3.